The van der Waals surface area contributed by atoms with Crippen LogP contribution in [0.2, 0.25) is 0 Å². The first kappa shape index (κ1) is 15.0. The van der Waals surface area contributed by atoms with E-state index in [0.717, 1.165) is 18.3 Å². The van der Waals surface area contributed by atoms with Crippen LogP contribution in [0.15, 0.2) is 12.2 Å². The van der Waals surface area contributed by atoms with Crippen molar-refractivity contribution in [1.29, 1.82) is 0 Å². The fourth-order valence-electron chi connectivity index (χ4n) is 7.75. The molecule has 23 heavy (non-hydrogen) atoms. The van der Waals surface area contributed by atoms with Gasteiger partial charge in [-0.1, -0.05) is 26.8 Å². The molecule has 0 aromatic rings. The van der Waals surface area contributed by atoms with Crippen LogP contribution in [0, 0.1) is 28.6 Å². The van der Waals surface area contributed by atoms with Gasteiger partial charge in [-0.3, -0.25) is 0 Å². The Balaban J connectivity index is 1.58. The molecule has 0 aromatic carbocycles. The van der Waals surface area contributed by atoms with Gasteiger partial charge in [0.25, 0.3) is 0 Å². The zero-order chi connectivity index (χ0) is 16.1. The van der Waals surface area contributed by atoms with Crippen LogP contribution in [-0.4, -0.2) is 17.5 Å². The van der Waals surface area contributed by atoms with Gasteiger partial charge in [-0.2, -0.15) is 0 Å². The molecule has 2 heteroatoms. The topological polar surface area (TPSA) is 18.5 Å². The van der Waals surface area contributed by atoms with Gasteiger partial charge in [-0.25, -0.2) is 0 Å². The average molecular weight is 316 g/mol. The molecule has 0 unspecified atom stereocenters. The molecule has 2 spiro atoms. The Morgan fingerprint density at radius 1 is 1.04 bits per heavy atom. The molecular weight excluding hydrogens is 284 g/mol. The lowest BCUT2D eigenvalue weighted by Gasteiger charge is -2.47. The van der Waals surface area contributed by atoms with Gasteiger partial charge in [0.15, 0.2) is 5.79 Å². The summed E-state index contributed by atoms with van der Waals surface area (Å²) in [4.78, 5) is 0. The maximum Gasteiger partial charge on any atom is 0.189 e. The van der Waals surface area contributed by atoms with E-state index in [-0.39, 0.29) is 11.7 Å². The Morgan fingerprint density at radius 3 is 2.61 bits per heavy atom. The minimum Gasteiger partial charge on any atom is -0.340 e. The Labute approximate surface area is 141 Å². The second-order valence-corrected chi connectivity index (χ2v) is 10.0. The van der Waals surface area contributed by atoms with Crippen molar-refractivity contribution in [3.8, 4) is 0 Å². The number of hydrogen-bond acceptors (Lipinski definition) is 2. The predicted molar refractivity (Wildman–Crippen MR) is 90.9 cm³/mol. The fourth-order valence-corrected chi connectivity index (χ4v) is 7.75. The van der Waals surface area contributed by atoms with Gasteiger partial charge in [0.1, 0.15) is 0 Å². The minimum atomic E-state index is -0.411. The maximum absolute atomic E-state index is 6.84. The van der Waals surface area contributed by atoms with Crippen molar-refractivity contribution >= 4 is 0 Å². The third-order valence-corrected chi connectivity index (χ3v) is 8.84. The molecule has 5 rings (SSSR count). The predicted octanol–water partition coefficient (Wildman–Crippen LogP) is 5.08. The van der Waals surface area contributed by atoms with Crippen molar-refractivity contribution < 1.29 is 9.47 Å². The summed E-state index contributed by atoms with van der Waals surface area (Å²) >= 11 is 0. The summed E-state index contributed by atoms with van der Waals surface area (Å²) < 4.78 is 13.5. The summed E-state index contributed by atoms with van der Waals surface area (Å²) in [6.45, 7) is 9.94. The van der Waals surface area contributed by atoms with E-state index in [9.17, 15) is 0 Å². The van der Waals surface area contributed by atoms with Gasteiger partial charge >= 0.3 is 0 Å². The van der Waals surface area contributed by atoms with E-state index in [1.165, 1.54) is 38.5 Å². The lowest BCUT2D eigenvalue weighted by atomic mass is 9.63. The number of fused-ring (bicyclic) bond motifs is 3. The van der Waals surface area contributed by atoms with Crippen LogP contribution in [0.4, 0.5) is 0 Å². The third-order valence-electron chi connectivity index (χ3n) is 8.84. The van der Waals surface area contributed by atoms with Gasteiger partial charge in [0.2, 0.25) is 0 Å². The van der Waals surface area contributed by atoms with E-state index >= 15 is 0 Å². The standard InChI is InChI=1S/C21H32O2/c1-14-8-9-15-18(2,3)16-12-20(14,15)13-17-19(16,4)23-21(22-17)10-6-5-7-11-21/h6,10,14-17H,5,7-9,11-13H2,1-4H3/t14-,15+,16-,17+,19-,20-,21-/m1/s1. The zero-order valence-electron chi connectivity index (χ0n) is 15.2. The van der Waals surface area contributed by atoms with E-state index in [4.69, 9.17) is 9.47 Å². The van der Waals surface area contributed by atoms with Crippen molar-refractivity contribution in [2.24, 2.45) is 28.6 Å². The van der Waals surface area contributed by atoms with Crippen molar-refractivity contribution in [3.05, 3.63) is 12.2 Å². The molecule has 5 aliphatic rings. The molecule has 1 heterocycles. The molecule has 2 nitrogen and oxygen atoms in total. The summed E-state index contributed by atoms with van der Waals surface area (Å²) in [6.07, 6.45) is 13.6. The highest BCUT2D eigenvalue weighted by atomic mass is 16.8. The van der Waals surface area contributed by atoms with Crippen molar-refractivity contribution in [1.82, 2.24) is 0 Å². The highest BCUT2D eigenvalue weighted by Gasteiger charge is 2.74. The minimum absolute atomic E-state index is 0.0967. The Kier molecular flexibility index (Phi) is 2.76. The molecule has 4 fully saturated rings. The van der Waals surface area contributed by atoms with Crippen LogP contribution in [0.25, 0.3) is 0 Å². The maximum atomic E-state index is 6.84. The SMILES string of the molecule is C[C@@H]1CC[C@H]2C(C)(C)[C@H]3C[C@@]12C[C@@H]1O[C@]2(C=CCCC2)O[C@@]13C. The molecule has 0 amide bonds. The van der Waals surface area contributed by atoms with E-state index in [0.29, 0.717) is 16.7 Å². The normalized spacial score (nSPS) is 59.3. The lowest BCUT2D eigenvalue weighted by Crippen LogP contribution is -2.52. The molecule has 0 N–H and O–H groups in total. The lowest BCUT2D eigenvalue weighted by molar-refractivity contribution is -0.175. The molecule has 3 saturated carbocycles. The van der Waals surface area contributed by atoms with Gasteiger partial charge in [0, 0.05) is 6.42 Å². The molecular formula is C21H32O2. The molecule has 0 aromatic heterocycles. The quantitative estimate of drug-likeness (QED) is 0.580. The summed E-state index contributed by atoms with van der Waals surface area (Å²) in [5.74, 6) is 1.94. The monoisotopic (exact) mass is 316 g/mol. The zero-order valence-corrected chi connectivity index (χ0v) is 15.2. The van der Waals surface area contributed by atoms with Crippen LogP contribution in [0.3, 0.4) is 0 Å². The number of ether oxygens (including phenoxy) is 2. The molecule has 0 radical (unpaired) electrons. The van der Waals surface area contributed by atoms with E-state index < -0.39 is 5.79 Å². The molecule has 128 valence electrons. The molecule has 4 aliphatic carbocycles. The first-order valence-electron chi connectivity index (χ1n) is 9.88. The van der Waals surface area contributed by atoms with Gasteiger partial charge in [-0.05, 0) is 80.1 Å². The fraction of sp³-hybridized carbons (Fsp3) is 0.905. The largest absolute Gasteiger partial charge is 0.340 e. The molecule has 2 bridgehead atoms. The molecule has 1 saturated heterocycles. The summed E-state index contributed by atoms with van der Waals surface area (Å²) in [5.41, 5.74) is 0.799. The third kappa shape index (κ3) is 1.63. The van der Waals surface area contributed by atoms with Gasteiger partial charge in [0.05, 0.1) is 11.7 Å². The Hall–Kier alpha value is -0.340. The van der Waals surface area contributed by atoms with Crippen LogP contribution in [0.1, 0.15) is 72.6 Å². The van der Waals surface area contributed by atoms with Crippen molar-refractivity contribution in [3.63, 3.8) is 0 Å². The van der Waals surface area contributed by atoms with E-state index in [2.05, 4.69) is 39.8 Å². The molecule has 1 aliphatic heterocycles. The molecule has 7 atom stereocenters. The second kappa shape index (κ2) is 4.25. The highest BCUT2D eigenvalue weighted by molar-refractivity contribution is 5.23. The van der Waals surface area contributed by atoms with Crippen molar-refractivity contribution in [2.75, 3.05) is 0 Å². The van der Waals surface area contributed by atoms with E-state index in [1.807, 2.05) is 0 Å². The number of allylic oxidation sites excluding steroid dienone is 1. The Morgan fingerprint density at radius 2 is 1.87 bits per heavy atom. The number of rotatable bonds is 0. The van der Waals surface area contributed by atoms with Crippen LogP contribution >= 0.6 is 0 Å². The van der Waals surface area contributed by atoms with Gasteiger partial charge in [-0.15, -0.1) is 0 Å². The Bertz CT molecular complexity index is 566. The summed E-state index contributed by atoms with van der Waals surface area (Å²) in [6, 6.07) is 0. The van der Waals surface area contributed by atoms with Gasteiger partial charge < -0.3 is 9.47 Å². The summed E-state index contributed by atoms with van der Waals surface area (Å²) in [7, 11) is 0. The smallest absolute Gasteiger partial charge is 0.189 e. The van der Waals surface area contributed by atoms with Crippen LogP contribution < -0.4 is 0 Å². The van der Waals surface area contributed by atoms with E-state index in [1.54, 1.807) is 0 Å². The first-order valence-corrected chi connectivity index (χ1v) is 9.88. The summed E-state index contributed by atoms with van der Waals surface area (Å²) in [5, 5.41) is 0. The highest BCUT2D eigenvalue weighted by Crippen LogP contribution is 2.75. The number of hydrogen-bond donors (Lipinski definition) is 0. The van der Waals surface area contributed by atoms with Crippen LogP contribution in [-0.2, 0) is 9.47 Å². The van der Waals surface area contributed by atoms with Crippen molar-refractivity contribution in [2.45, 2.75) is 90.1 Å². The van der Waals surface area contributed by atoms with Crippen LogP contribution in [0.5, 0.6) is 0 Å². The average Bonchev–Trinajstić information content (AvgIpc) is 3.02. The first-order chi connectivity index (χ1) is 10.8. The second-order valence-electron chi connectivity index (χ2n) is 10.0.